The summed E-state index contributed by atoms with van der Waals surface area (Å²) in [5.41, 5.74) is 0. The normalized spacial score (nSPS) is 20.6. The molecule has 7 heteroatoms. The number of halogens is 1. The second-order valence-electron chi connectivity index (χ2n) is 6.63. The molecule has 0 amide bonds. The van der Waals surface area contributed by atoms with Crippen LogP contribution in [0.1, 0.15) is 45.4 Å². The molecular formula is C18H37IN4O2. The number of hydrogen-bond acceptors (Lipinski definition) is 4. The second-order valence-corrected chi connectivity index (χ2v) is 6.63. The first-order chi connectivity index (χ1) is 11.9. The predicted octanol–water partition coefficient (Wildman–Crippen LogP) is 2.23. The van der Waals surface area contributed by atoms with E-state index >= 15 is 0 Å². The van der Waals surface area contributed by atoms with Gasteiger partial charge in [0.25, 0.3) is 0 Å². The highest BCUT2D eigenvalue weighted by atomic mass is 127. The van der Waals surface area contributed by atoms with Gasteiger partial charge in [-0.15, -0.1) is 24.0 Å². The van der Waals surface area contributed by atoms with Crippen molar-refractivity contribution in [2.45, 2.75) is 51.6 Å². The minimum Gasteiger partial charge on any atom is -0.379 e. The molecule has 1 aliphatic carbocycles. The van der Waals surface area contributed by atoms with Gasteiger partial charge in [0.15, 0.2) is 5.96 Å². The van der Waals surface area contributed by atoms with Gasteiger partial charge in [-0.1, -0.05) is 25.7 Å². The number of aliphatic imine (C=N–C) groups is 1. The number of ether oxygens (including phenoxy) is 2. The third-order valence-electron chi connectivity index (χ3n) is 4.68. The monoisotopic (exact) mass is 468 g/mol. The van der Waals surface area contributed by atoms with Crippen LogP contribution in [0.3, 0.4) is 0 Å². The summed E-state index contributed by atoms with van der Waals surface area (Å²) >= 11 is 0. The first kappa shape index (κ1) is 22.9. The minimum absolute atomic E-state index is 0. The smallest absolute Gasteiger partial charge is 0.191 e. The highest BCUT2D eigenvalue weighted by Crippen LogP contribution is 2.19. The zero-order valence-electron chi connectivity index (χ0n) is 15.8. The molecule has 2 rings (SSSR count). The molecule has 0 radical (unpaired) electrons. The summed E-state index contributed by atoms with van der Waals surface area (Å²) in [6.07, 6.45) is 8.32. The average molecular weight is 468 g/mol. The van der Waals surface area contributed by atoms with Crippen LogP contribution in [0.5, 0.6) is 0 Å². The van der Waals surface area contributed by atoms with Crippen molar-refractivity contribution in [2.24, 2.45) is 4.99 Å². The van der Waals surface area contributed by atoms with E-state index in [1.165, 1.54) is 38.5 Å². The van der Waals surface area contributed by atoms with Gasteiger partial charge in [0.2, 0.25) is 0 Å². The fourth-order valence-corrected chi connectivity index (χ4v) is 3.27. The number of hydrogen-bond donors (Lipinski definition) is 2. The first-order valence-electron chi connectivity index (χ1n) is 9.82. The van der Waals surface area contributed by atoms with E-state index in [-0.39, 0.29) is 24.0 Å². The molecule has 0 aromatic heterocycles. The maximum absolute atomic E-state index is 6.02. The van der Waals surface area contributed by atoms with Crippen LogP contribution in [0.15, 0.2) is 4.99 Å². The zero-order valence-corrected chi connectivity index (χ0v) is 18.1. The molecule has 0 atom stereocenters. The van der Waals surface area contributed by atoms with Crippen LogP contribution in [-0.4, -0.2) is 76.1 Å². The van der Waals surface area contributed by atoms with Crippen molar-refractivity contribution in [3.8, 4) is 0 Å². The largest absolute Gasteiger partial charge is 0.379 e. The molecule has 1 saturated carbocycles. The quantitative estimate of drug-likeness (QED) is 0.188. The standard InChI is InChI=1S/C18H36N4O2.HI/c1-2-19-18(20-9-11-22-12-15-23-16-13-22)21-10-14-24-17-7-5-3-4-6-8-17;/h17H,2-16H2,1H3,(H2,19,20,21);1H. The van der Waals surface area contributed by atoms with E-state index in [9.17, 15) is 0 Å². The van der Waals surface area contributed by atoms with Crippen molar-refractivity contribution < 1.29 is 9.47 Å². The van der Waals surface area contributed by atoms with Crippen LogP contribution >= 0.6 is 24.0 Å². The van der Waals surface area contributed by atoms with Gasteiger partial charge in [-0.25, -0.2) is 0 Å². The van der Waals surface area contributed by atoms with Gasteiger partial charge < -0.3 is 20.1 Å². The maximum atomic E-state index is 6.02. The third-order valence-corrected chi connectivity index (χ3v) is 4.68. The van der Waals surface area contributed by atoms with Crippen molar-refractivity contribution in [2.75, 3.05) is 59.1 Å². The molecule has 0 aromatic rings. The average Bonchev–Trinajstić information content (AvgIpc) is 2.88. The van der Waals surface area contributed by atoms with Crippen LogP contribution in [0.25, 0.3) is 0 Å². The lowest BCUT2D eigenvalue weighted by Gasteiger charge is -2.25. The Balaban J connectivity index is 0.00000312. The molecule has 2 N–H and O–H groups in total. The van der Waals surface area contributed by atoms with E-state index < -0.39 is 0 Å². The zero-order chi connectivity index (χ0) is 16.9. The SMILES string of the molecule is CCNC(=NCCN1CCOCC1)NCCOC1CCCCCC1.I. The van der Waals surface area contributed by atoms with Crippen LogP contribution in [0, 0.1) is 0 Å². The molecule has 25 heavy (non-hydrogen) atoms. The summed E-state index contributed by atoms with van der Waals surface area (Å²) in [4.78, 5) is 7.07. The first-order valence-corrected chi connectivity index (χ1v) is 9.82. The maximum Gasteiger partial charge on any atom is 0.191 e. The Morgan fingerprint density at radius 3 is 2.52 bits per heavy atom. The topological polar surface area (TPSA) is 58.1 Å². The minimum atomic E-state index is 0. The summed E-state index contributed by atoms with van der Waals surface area (Å²) in [7, 11) is 0. The van der Waals surface area contributed by atoms with Crippen LogP contribution in [0.2, 0.25) is 0 Å². The van der Waals surface area contributed by atoms with Gasteiger partial charge in [-0.05, 0) is 19.8 Å². The highest BCUT2D eigenvalue weighted by molar-refractivity contribution is 14.0. The molecule has 0 unspecified atom stereocenters. The molecule has 6 nitrogen and oxygen atoms in total. The molecule has 0 bridgehead atoms. The summed E-state index contributed by atoms with van der Waals surface area (Å²) in [5.74, 6) is 0.898. The predicted molar refractivity (Wildman–Crippen MR) is 114 cm³/mol. The van der Waals surface area contributed by atoms with Crippen molar-refractivity contribution in [1.82, 2.24) is 15.5 Å². The lowest BCUT2D eigenvalue weighted by molar-refractivity contribution is 0.0394. The molecule has 148 valence electrons. The summed E-state index contributed by atoms with van der Waals surface area (Å²) < 4.78 is 11.4. The Morgan fingerprint density at radius 2 is 1.84 bits per heavy atom. The number of guanidine groups is 1. The van der Waals surface area contributed by atoms with Crippen molar-refractivity contribution in [3.63, 3.8) is 0 Å². The van der Waals surface area contributed by atoms with Gasteiger partial charge in [-0.3, -0.25) is 9.89 Å². The van der Waals surface area contributed by atoms with Crippen LogP contribution in [-0.2, 0) is 9.47 Å². The number of nitrogens with zero attached hydrogens (tertiary/aromatic N) is 2. The molecular weight excluding hydrogens is 431 g/mol. The lowest BCUT2D eigenvalue weighted by atomic mass is 10.1. The highest BCUT2D eigenvalue weighted by Gasteiger charge is 2.12. The van der Waals surface area contributed by atoms with Gasteiger partial charge in [0, 0.05) is 32.7 Å². The van der Waals surface area contributed by atoms with Crippen molar-refractivity contribution >= 4 is 29.9 Å². The molecule has 2 fully saturated rings. The molecule has 1 heterocycles. The molecule has 1 aliphatic heterocycles. The Bertz CT molecular complexity index is 344. The van der Waals surface area contributed by atoms with E-state index in [1.807, 2.05) is 0 Å². The van der Waals surface area contributed by atoms with Crippen LogP contribution in [0.4, 0.5) is 0 Å². The fourth-order valence-electron chi connectivity index (χ4n) is 3.27. The van der Waals surface area contributed by atoms with Gasteiger partial charge in [0.1, 0.15) is 0 Å². The Hall–Kier alpha value is -0.120. The number of rotatable bonds is 8. The lowest BCUT2D eigenvalue weighted by Crippen LogP contribution is -2.41. The van der Waals surface area contributed by atoms with Crippen molar-refractivity contribution in [3.05, 3.63) is 0 Å². The molecule has 2 aliphatic rings. The van der Waals surface area contributed by atoms with Gasteiger partial charge in [0.05, 0.1) is 32.5 Å². The molecule has 0 spiro atoms. The Morgan fingerprint density at radius 1 is 1.12 bits per heavy atom. The van der Waals surface area contributed by atoms with Gasteiger partial charge >= 0.3 is 0 Å². The summed E-state index contributed by atoms with van der Waals surface area (Å²) in [5, 5.41) is 6.69. The molecule has 1 saturated heterocycles. The molecule has 0 aromatic carbocycles. The third kappa shape index (κ3) is 10.6. The van der Waals surface area contributed by atoms with E-state index in [0.717, 1.165) is 65.0 Å². The van der Waals surface area contributed by atoms with Gasteiger partial charge in [-0.2, -0.15) is 0 Å². The summed E-state index contributed by atoms with van der Waals surface area (Å²) in [6.45, 7) is 10.1. The van der Waals surface area contributed by atoms with Crippen molar-refractivity contribution in [1.29, 1.82) is 0 Å². The summed E-state index contributed by atoms with van der Waals surface area (Å²) in [6, 6.07) is 0. The Labute approximate surface area is 170 Å². The van der Waals surface area contributed by atoms with E-state index in [0.29, 0.717) is 6.10 Å². The Kier molecular flexibility index (Phi) is 13.7. The van der Waals surface area contributed by atoms with E-state index in [1.54, 1.807) is 0 Å². The number of nitrogens with one attached hydrogen (secondary N) is 2. The van der Waals surface area contributed by atoms with E-state index in [2.05, 4.69) is 27.4 Å². The second kappa shape index (κ2) is 15.0. The van der Waals surface area contributed by atoms with Crippen LogP contribution < -0.4 is 10.6 Å². The van der Waals surface area contributed by atoms with E-state index in [4.69, 9.17) is 9.47 Å². The number of morpholine rings is 1. The fraction of sp³-hybridized carbons (Fsp3) is 0.944.